The Bertz CT molecular complexity index is 1230. The second-order valence-corrected chi connectivity index (χ2v) is 10.4. The van der Waals surface area contributed by atoms with Crippen LogP contribution in [0.1, 0.15) is 79.6 Å². The third-order valence-electron chi connectivity index (χ3n) is 6.49. The van der Waals surface area contributed by atoms with E-state index < -0.39 is 5.97 Å². The van der Waals surface area contributed by atoms with E-state index in [1.54, 1.807) is 19.2 Å². The molecule has 0 saturated heterocycles. The molecule has 202 valence electrons. The van der Waals surface area contributed by atoms with Crippen molar-refractivity contribution in [2.24, 2.45) is 5.92 Å². The van der Waals surface area contributed by atoms with Gasteiger partial charge >= 0.3 is 5.97 Å². The van der Waals surface area contributed by atoms with Crippen LogP contribution >= 0.6 is 0 Å². The van der Waals surface area contributed by atoms with Gasteiger partial charge in [-0.25, -0.2) is 0 Å². The molecule has 6 heteroatoms. The van der Waals surface area contributed by atoms with Gasteiger partial charge in [0, 0.05) is 23.7 Å². The van der Waals surface area contributed by atoms with E-state index in [0.717, 1.165) is 40.2 Å². The van der Waals surface area contributed by atoms with Crippen molar-refractivity contribution in [2.75, 3.05) is 13.7 Å². The van der Waals surface area contributed by atoms with Crippen LogP contribution in [-0.2, 0) is 4.79 Å². The maximum absolute atomic E-state index is 12.3. The summed E-state index contributed by atoms with van der Waals surface area (Å²) in [4.78, 5) is 23.0. The number of carboxylic acid groups (broad SMARTS) is 1. The van der Waals surface area contributed by atoms with Gasteiger partial charge in [-0.15, -0.1) is 0 Å². The summed E-state index contributed by atoms with van der Waals surface area (Å²) < 4.78 is 12.3. The summed E-state index contributed by atoms with van der Waals surface area (Å²) in [6.07, 6.45) is 0.475. The van der Waals surface area contributed by atoms with Gasteiger partial charge in [-0.05, 0) is 65.6 Å². The van der Waals surface area contributed by atoms with Crippen LogP contribution in [0.25, 0.3) is 11.1 Å². The lowest BCUT2D eigenvalue weighted by Crippen LogP contribution is -2.26. The van der Waals surface area contributed by atoms with Gasteiger partial charge in [0.15, 0.2) is 0 Å². The van der Waals surface area contributed by atoms with Crippen LogP contribution in [0, 0.1) is 12.8 Å². The lowest BCUT2D eigenvalue weighted by atomic mass is 9.95. The largest absolute Gasteiger partial charge is 0.496 e. The first kappa shape index (κ1) is 28.8. The van der Waals surface area contributed by atoms with E-state index in [2.05, 4.69) is 64.2 Å². The molecule has 0 saturated carbocycles. The zero-order chi connectivity index (χ0) is 27.8. The average molecular weight is 518 g/mol. The van der Waals surface area contributed by atoms with Crippen LogP contribution < -0.4 is 14.8 Å². The van der Waals surface area contributed by atoms with E-state index in [4.69, 9.17) is 14.6 Å². The van der Waals surface area contributed by atoms with Crippen molar-refractivity contribution in [3.05, 3.63) is 82.9 Å². The molecular formula is C32H39NO5. The monoisotopic (exact) mass is 517 g/mol. The number of hydrogen-bond donors (Lipinski definition) is 2. The molecule has 0 spiro atoms. The number of amides is 1. The number of ether oxygens (including phenoxy) is 2. The Balaban J connectivity index is 1.83. The number of carbonyl (C=O) groups is 2. The number of carboxylic acids is 1. The molecule has 3 aromatic carbocycles. The minimum absolute atomic E-state index is 0.0913. The fourth-order valence-electron chi connectivity index (χ4n) is 4.44. The number of benzene rings is 3. The first-order chi connectivity index (χ1) is 18.1. The number of carbonyl (C=O) groups excluding carboxylic acids is 1. The van der Waals surface area contributed by atoms with Crippen molar-refractivity contribution in [2.45, 2.75) is 59.5 Å². The van der Waals surface area contributed by atoms with Crippen LogP contribution in [0.4, 0.5) is 0 Å². The van der Waals surface area contributed by atoms with E-state index in [9.17, 15) is 9.59 Å². The highest BCUT2D eigenvalue weighted by atomic mass is 16.5. The first-order valence-corrected chi connectivity index (χ1v) is 13.1. The number of aryl methyl sites for hydroxylation is 1. The fraction of sp³-hybridized carbons (Fsp3) is 0.375. The van der Waals surface area contributed by atoms with Crippen molar-refractivity contribution in [1.82, 2.24) is 5.32 Å². The summed E-state index contributed by atoms with van der Waals surface area (Å²) in [6.45, 7) is 10.8. The van der Waals surface area contributed by atoms with E-state index in [-0.39, 0.29) is 25.0 Å². The van der Waals surface area contributed by atoms with Crippen LogP contribution in [0.2, 0.25) is 0 Å². The maximum Gasteiger partial charge on any atom is 0.305 e. The van der Waals surface area contributed by atoms with Gasteiger partial charge < -0.3 is 19.9 Å². The second-order valence-electron chi connectivity index (χ2n) is 10.4. The lowest BCUT2D eigenvalue weighted by molar-refractivity contribution is -0.136. The lowest BCUT2D eigenvalue weighted by Gasteiger charge is -2.23. The Morgan fingerprint density at radius 2 is 1.55 bits per heavy atom. The molecule has 0 aliphatic rings. The quantitative estimate of drug-likeness (QED) is 0.266. The molecule has 0 fully saturated rings. The number of nitrogens with one attached hydrogen (secondary N) is 1. The van der Waals surface area contributed by atoms with Crippen molar-refractivity contribution in [1.29, 1.82) is 0 Å². The second kappa shape index (κ2) is 13.1. The molecule has 1 amide bonds. The predicted octanol–water partition coefficient (Wildman–Crippen LogP) is 7.16. The average Bonchev–Trinajstić information content (AvgIpc) is 2.87. The summed E-state index contributed by atoms with van der Waals surface area (Å²) in [5.41, 5.74) is 5.96. The molecule has 38 heavy (non-hydrogen) atoms. The normalized spacial score (nSPS) is 11.9. The van der Waals surface area contributed by atoms with Crippen molar-refractivity contribution >= 4 is 11.9 Å². The molecule has 6 nitrogen and oxygen atoms in total. The van der Waals surface area contributed by atoms with Crippen molar-refractivity contribution in [3.8, 4) is 22.6 Å². The van der Waals surface area contributed by atoms with Crippen LogP contribution in [0.15, 0.2) is 60.7 Å². The molecule has 1 unspecified atom stereocenters. The minimum Gasteiger partial charge on any atom is -0.496 e. The Hall–Kier alpha value is -3.80. The van der Waals surface area contributed by atoms with E-state index in [1.165, 1.54) is 5.56 Å². The van der Waals surface area contributed by atoms with Crippen molar-refractivity contribution < 1.29 is 24.2 Å². The Morgan fingerprint density at radius 3 is 2.11 bits per heavy atom. The summed E-state index contributed by atoms with van der Waals surface area (Å²) in [7, 11) is 1.68. The highest BCUT2D eigenvalue weighted by Crippen LogP contribution is 2.39. The zero-order valence-corrected chi connectivity index (χ0v) is 23.2. The van der Waals surface area contributed by atoms with E-state index in [0.29, 0.717) is 17.4 Å². The number of hydrogen-bond acceptors (Lipinski definition) is 4. The molecule has 0 radical (unpaired) electrons. The van der Waals surface area contributed by atoms with Gasteiger partial charge in [0.1, 0.15) is 17.6 Å². The van der Waals surface area contributed by atoms with Gasteiger partial charge in [0.2, 0.25) is 0 Å². The van der Waals surface area contributed by atoms with Gasteiger partial charge in [-0.3, -0.25) is 9.59 Å². The number of rotatable bonds is 12. The molecule has 0 aliphatic heterocycles. The number of methoxy groups -OCH3 is 1. The predicted molar refractivity (Wildman–Crippen MR) is 151 cm³/mol. The molecular weight excluding hydrogens is 478 g/mol. The summed E-state index contributed by atoms with van der Waals surface area (Å²) >= 11 is 0. The molecule has 3 aromatic rings. The van der Waals surface area contributed by atoms with Crippen LogP contribution in [0.5, 0.6) is 11.5 Å². The Morgan fingerprint density at radius 1 is 0.921 bits per heavy atom. The summed E-state index contributed by atoms with van der Waals surface area (Å²) in [6, 6.07) is 19.9. The van der Waals surface area contributed by atoms with Crippen molar-refractivity contribution in [3.63, 3.8) is 0 Å². The van der Waals surface area contributed by atoms with Gasteiger partial charge in [-0.1, -0.05) is 64.1 Å². The molecule has 0 heterocycles. The molecule has 0 aromatic heterocycles. The number of aliphatic carboxylic acids is 1. The summed E-state index contributed by atoms with van der Waals surface area (Å²) in [5, 5.41) is 11.4. The fourth-order valence-corrected chi connectivity index (χ4v) is 4.44. The van der Waals surface area contributed by atoms with Gasteiger partial charge in [0.25, 0.3) is 5.91 Å². The molecule has 0 bridgehead atoms. The third-order valence-corrected chi connectivity index (χ3v) is 6.49. The Labute approximate surface area is 226 Å². The van der Waals surface area contributed by atoms with E-state index in [1.807, 2.05) is 24.3 Å². The standard InChI is InChI=1S/C32H39NO5/c1-20(2)17-28(24-9-13-26(14-10-24)32(36)33-16-15-30(34)35)38-27-18-22(5)31(29(19-27)37-6)25-11-7-23(8-12-25)21(3)4/h7-14,18-21,28H,15-17H2,1-6H3,(H,33,36)(H,34,35). The topological polar surface area (TPSA) is 84.9 Å². The van der Waals surface area contributed by atoms with E-state index >= 15 is 0 Å². The zero-order valence-electron chi connectivity index (χ0n) is 23.2. The molecule has 3 rings (SSSR count). The van der Waals surface area contributed by atoms with Gasteiger partial charge in [0.05, 0.1) is 13.5 Å². The molecule has 0 aliphatic carbocycles. The SMILES string of the molecule is COc1cc(OC(CC(C)C)c2ccc(C(=O)NCCC(=O)O)cc2)cc(C)c1-c1ccc(C(C)C)cc1. The first-order valence-electron chi connectivity index (χ1n) is 13.1. The molecule has 2 N–H and O–H groups in total. The molecule has 1 atom stereocenters. The smallest absolute Gasteiger partial charge is 0.305 e. The van der Waals surface area contributed by atoms with Crippen LogP contribution in [0.3, 0.4) is 0 Å². The maximum atomic E-state index is 12.3. The third kappa shape index (κ3) is 7.60. The summed E-state index contributed by atoms with van der Waals surface area (Å²) in [5.74, 6) is 1.11. The highest BCUT2D eigenvalue weighted by molar-refractivity contribution is 5.94. The highest BCUT2D eigenvalue weighted by Gasteiger charge is 2.19. The van der Waals surface area contributed by atoms with Crippen LogP contribution in [-0.4, -0.2) is 30.6 Å². The Kier molecular flexibility index (Phi) is 9.94. The minimum atomic E-state index is -0.946. The van der Waals surface area contributed by atoms with Gasteiger partial charge in [-0.2, -0.15) is 0 Å².